The van der Waals surface area contributed by atoms with Crippen molar-refractivity contribution >= 4 is 0 Å². The monoisotopic (exact) mass is 160 g/mol. The molecule has 2 nitrogen and oxygen atoms in total. The van der Waals surface area contributed by atoms with E-state index in [2.05, 4.69) is 0 Å². The highest BCUT2D eigenvalue weighted by molar-refractivity contribution is 4.69. The zero-order valence-electron chi connectivity index (χ0n) is 8.52. The summed E-state index contributed by atoms with van der Waals surface area (Å²) in [6.07, 6.45) is 0. The van der Waals surface area contributed by atoms with E-state index in [1.54, 1.807) is 7.11 Å². The summed E-state index contributed by atoms with van der Waals surface area (Å²) in [4.78, 5) is 0. The van der Waals surface area contributed by atoms with E-state index in [1.165, 1.54) is 0 Å². The highest BCUT2D eigenvalue weighted by atomic mass is 16.5. The summed E-state index contributed by atoms with van der Waals surface area (Å²) in [6.45, 7) is 10.8. The molecule has 0 aromatic rings. The molecule has 0 aromatic heterocycles. The van der Waals surface area contributed by atoms with Crippen LogP contribution in [0.3, 0.4) is 0 Å². The van der Waals surface area contributed by atoms with Crippen LogP contribution in [-0.4, -0.2) is 24.9 Å². The Kier molecular flexibility index (Phi) is 3.52. The molecule has 0 heterocycles. The van der Waals surface area contributed by atoms with E-state index >= 15 is 0 Å². The van der Waals surface area contributed by atoms with Gasteiger partial charge in [-0.05, 0) is 34.6 Å². The van der Waals surface area contributed by atoms with Gasteiger partial charge in [0.1, 0.15) is 0 Å². The molecule has 2 heteroatoms. The molecule has 0 amide bonds. The fourth-order valence-electron chi connectivity index (χ4n) is 0.449. The summed E-state index contributed by atoms with van der Waals surface area (Å²) >= 11 is 0. The summed E-state index contributed by atoms with van der Waals surface area (Å²) in [5.74, 6) is 0. The molecule has 11 heavy (non-hydrogen) atoms. The van der Waals surface area contributed by atoms with Gasteiger partial charge in [-0.25, -0.2) is 0 Å². The number of hydrogen-bond acceptors (Lipinski definition) is 2. The first-order valence-electron chi connectivity index (χ1n) is 3.96. The minimum Gasteiger partial charge on any atom is -0.376 e. The third-order valence-electron chi connectivity index (χ3n) is 1.41. The first-order chi connectivity index (χ1) is 4.77. The molecular formula is C9H20O2. The summed E-state index contributed by atoms with van der Waals surface area (Å²) in [5.41, 5.74) is -0.247. The van der Waals surface area contributed by atoms with Crippen LogP contribution in [0.25, 0.3) is 0 Å². The quantitative estimate of drug-likeness (QED) is 0.630. The maximum Gasteiger partial charge on any atom is 0.0855 e. The van der Waals surface area contributed by atoms with Gasteiger partial charge in [0.2, 0.25) is 0 Å². The van der Waals surface area contributed by atoms with Gasteiger partial charge in [0.15, 0.2) is 0 Å². The van der Waals surface area contributed by atoms with Gasteiger partial charge in [-0.15, -0.1) is 0 Å². The molecule has 0 saturated heterocycles. The highest BCUT2D eigenvalue weighted by Crippen LogP contribution is 2.14. The Morgan fingerprint density at radius 3 is 1.73 bits per heavy atom. The molecule has 0 aliphatic carbocycles. The third kappa shape index (κ3) is 6.32. The van der Waals surface area contributed by atoms with Crippen LogP contribution in [0.1, 0.15) is 34.6 Å². The van der Waals surface area contributed by atoms with Crippen LogP contribution in [0, 0.1) is 0 Å². The standard InChI is InChI=1S/C9H20O2/c1-8(2,3)11-7-9(4,5)10-6/h7H2,1-6H3. The van der Waals surface area contributed by atoms with Crippen molar-refractivity contribution in [3.63, 3.8) is 0 Å². The van der Waals surface area contributed by atoms with E-state index in [9.17, 15) is 0 Å². The van der Waals surface area contributed by atoms with E-state index in [1.807, 2.05) is 34.6 Å². The summed E-state index contributed by atoms with van der Waals surface area (Å²) in [7, 11) is 1.70. The second-order valence-corrected chi connectivity index (χ2v) is 4.36. The molecule has 0 saturated carbocycles. The van der Waals surface area contributed by atoms with Gasteiger partial charge in [-0.3, -0.25) is 0 Å². The molecule has 0 aliphatic heterocycles. The topological polar surface area (TPSA) is 18.5 Å². The molecule has 68 valence electrons. The minimum atomic E-state index is -0.173. The van der Waals surface area contributed by atoms with Gasteiger partial charge < -0.3 is 9.47 Å². The maximum atomic E-state index is 5.56. The molecule has 0 N–H and O–H groups in total. The Labute approximate surface area is 69.9 Å². The van der Waals surface area contributed by atoms with Crippen molar-refractivity contribution < 1.29 is 9.47 Å². The van der Waals surface area contributed by atoms with Crippen molar-refractivity contribution in [1.29, 1.82) is 0 Å². The molecular weight excluding hydrogens is 140 g/mol. The lowest BCUT2D eigenvalue weighted by Crippen LogP contribution is -2.34. The Hall–Kier alpha value is -0.0800. The Morgan fingerprint density at radius 1 is 1.00 bits per heavy atom. The van der Waals surface area contributed by atoms with Crippen molar-refractivity contribution in [3.05, 3.63) is 0 Å². The Bertz CT molecular complexity index is 111. The predicted octanol–water partition coefficient (Wildman–Crippen LogP) is 2.23. The van der Waals surface area contributed by atoms with Gasteiger partial charge in [-0.1, -0.05) is 0 Å². The van der Waals surface area contributed by atoms with E-state index in [-0.39, 0.29) is 11.2 Å². The molecule has 0 unspecified atom stereocenters. The molecule has 0 fully saturated rings. The van der Waals surface area contributed by atoms with Gasteiger partial charge in [0, 0.05) is 7.11 Å². The summed E-state index contributed by atoms with van der Waals surface area (Å²) in [5, 5.41) is 0. The molecule has 0 bridgehead atoms. The zero-order chi connectivity index (χ0) is 9.12. The van der Waals surface area contributed by atoms with E-state index in [4.69, 9.17) is 9.47 Å². The van der Waals surface area contributed by atoms with Crippen molar-refractivity contribution in [3.8, 4) is 0 Å². The van der Waals surface area contributed by atoms with Gasteiger partial charge in [0.05, 0.1) is 17.8 Å². The Morgan fingerprint density at radius 2 is 1.45 bits per heavy atom. The SMILES string of the molecule is COC(C)(C)COC(C)(C)C. The summed E-state index contributed by atoms with van der Waals surface area (Å²) in [6, 6.07) is 0. The largest absolute Gasteiger partial charge is 0.376 e. The van der Waals surface area contributed by atoms with Gasteiger partial charge in [0.25, 0.3) is 0 Å². The van der Waals surface area contributed by atoms with Crippen LogP contribution in [0.5, 0.6) is 0 Å². The van der Waals surface area contributed by atoms with Gasteiger partial charge >= 0.3 is 0 Å². The number of rotatable bonds is 3. The first kappa shape index (κ1) is 10.9. The zero-order valence-corrected chi connectivity index (χ0v) is 8.52. The third-order valence-corrected chi connectivity index (χ3v) is 1.41. The molecule has 0 rings (SSSR count). The number of methoxy groups -OCH3 is 1. The summed E-state index contributed by atoms with van der Waals surface area (Å²) < 4.78 is 10.8. The second kappa shape index (κ2) is 3.55. The number of ether oxygens (including phenoxy) is 2. The average Bonchev–Trinajstić information content (AvgIpc) is 1.83. The first-order valence-corrected chi connectivity index (χ1v) is 3.96. The molecule has 0 spiro atoms. The molecule has 0 aliphatic rings. The van der Waals surface area contributed by atoms with Crippen LogP contribution >= 0.6 is 0 Å². The van der Waals surface area contributed by atoms with Gasteiger partial charge in [-0.2, -0.15) is 0 Å². The van der Waals surface area contributed by atoms with Crippen molar-refractivity contribution in [2.24, 2.45) is 0 Å². The predicted molar refractivity (Wildman–Crippen MR) is 46.8 cm³/mol. The molecule has 0 radical (unpaired) electrons. The van der Waals surface area contributed by atoms with Crippen LogP contribution in [0.2, 0.25) is 0 Å². The van der Waals surface area contributed by atoms with E-state index in [0.717, 1.165) is 0 Å². The molecule has 0 atom stereocenters. The second-order valence-electron chi connectivity index (χ2n) is 4.36. The van der Waals surface area contributed by atoms with Crippen molar-refractivity contribution in [1.82, 2.24) is 0 Å². The van der Waals surface area contributed by atoms with Crippen molar-refractivity contribution in [2.75, 3.05) is 13.7 Å². The van der Waals surface area contributed by atoms with E-state index < -0.39 is 0 Å². The average molecular weight is 160 g/mol. The lowest BCUT2D eigenvalue weighted by Gasteiger charge is -2.28. The normalized spacial score (nSPS) is 13.6. The minimum absolute atomic E-state index is 0.0736. The van der Waals surface area contributed by atoms with Crippen LogP contribution in [0.15, 0.2) is 0 Å². The fourth-order valence-corrected chi connectivity index (χ4v) is 0.449. The Balaban J connectivity index is 3.70. The van der Waals surface area contributed by atoms with Crippen LogP contribution < -0.4 is 0 Å². The smallest absolute Gasteiger partial charge is 0.0855 e. The lowest BCUT2D eigenvalue weighted by molar-refractivity contribution is -0.0992. The highest BCUT2D eigenvalue weighted by Gasteiger charge is 2.20. The van der Waals surface area contributed by atoms with Crippen molar-refractivity contribution in [2.45, 2.75) is 45.8 Å². The fraction of sp³-hybridized carbons (Fsp3) is 1.00. The van der Waals surface area contributed by atoms with Crippen LogP contribution in [-0.2, 0) is 9.47 Å². The van der Waals surface area contributed by atoms with Crippen LogP contribution in [0.4, 0.5) is 0 Å². The maximum absolute atomic E-state index is 5.56. The molecule has 0 aromatic carbocycles. The lowest BCUT2D eigenvalue weighted by atomic mass is 10.1. The van der Waals surface area contributed by atoms with E-state index in [0.29, 0.717) is 6.61 Å². The number of hydrogen-bond donors (Lipinski definition) is 0.